The van der Waals surface area contributed by atoms with Crippen molar-refractivity contribution in [2.75, 3.05) is 6.50 Å². The van der Waals surface area contributed by atoms with Gasteiger partial charge in [0.2, 0.25) is 5.91 Å². The first-order valence-corrected chi connectivity index (χ1v) is 2.96. The Morgan fingerprint density at radius 2 is 2.18 bits per heavy atom. The van der Waals surface area contributed by atoms with E-state index in [1.807, 2.05) is 0 Å². The first-order chi connectivity index (χ1) is 5.75. The molecule has 0 heterocycles. The van der Waals surface area contributed by atoms with E-state index in [2.05, 4.69) is 0 Å². The van der Waals surface area contributed by atoms with Crippen LogP contribution in [-0.2, 0) is 9.59 Å². The number of aliphatic carboxylic acids is 1. The molecule has 0 aliphatic heterocycles. The number of carbonyl (C=O) groups excluding carboxylic acids is 1. The zero-order chi connectivity index (χ0) is 10.6. The Hall–Kier alpha value is -1.32. The molecule has 1 amide bonds. The fourth-order valence-electron chi connectivity index (χ4n) is 0.413. The minimum absolute atomic E-state index is 0.665. The lowest BCUT2D eigenvalue weighted by atomic mass is 10.3. The van der Waals surface area contributed by atoms with Gasteiger partial charge in [0.05, 0.1) is 2.74 Å². The van der Waals surface area contributed by atoms with Gasteiger partial charge in [-0.1, -0.05) is 5.57 Å². The Kier molecular flexibility index (Phi) is 2.61. The van der Waals surface area contributed by atoms with Crippen LogP contribution in [0.15, 0.2) is 11.6 Å². The van der Waals surface area contributed by atoms with Gasteiger partial charge in [-0.25, -0.2) is 0 Å². The molecule has 0 unspecified atom stereocenters. The van der Waals surface area contributed by atoms with Crippen LogP contribution in [0, 0.1) is 0 Å². The molecule has 0 aromatic heterocycles. The average molecular weight is 159 g/mol. The van der Waals surface area contributed by atoms with Crippen LogP contribution in [-0.4, -0.2) is 23.5 Å². The van der Waals surface area contributed by atoms with Crippen molar-refractivity contribution in [3.05, 3.63) is 11.6 Å². The molecule has 4 nitrogen and oxygen atoms in total. The largest absolute Gasteiger partial charge is 0.480 e. The summed E-state index contributed by atoms with van der Waals surface area (Å²) in [5.74, 6) is -2.48. The van der Waals surface area contributed by atoms with E-state index in [0.717, 1.165) is 6.08 Å². The molecule has 4 heteroatoms. The topological polar surface area (TPSA) is 66.4 Å². The molecule has 0 atom stereocenters. The van der Waals surface area contributed by atoms with Gasteiger partial charge < -0.3 is 10.4 Å². The number of carboxylic acids is 1. The molecule has 0 fully saturated rings. The fraction of sp³-hybridized carbons (Fsp3) is 0.429. The van der Waals surface area contributed by atoms with Crippen LogP contribution in [0.5, 0.6) is 0 Å². The Morgan fingerprint density at radius 1 is 1.64 bits per heavy atom. The zero-order valence-corrected chi connectivity index (χ0v) is 6.34. The Bertz CT molecular complexity index is 256. The summed E-state index contributed by atoms with van der Waals surface area (Å²) in [6, 6.07) is 0. The Labute approximate surface area is 67.7 Å². The van der Waals surface area contributed by atoms with Crippen molar-refractivity contribution < 1.29 is 17.4 Å². The van der Waals surface area contributed by atoms with Crippen molar-refractivity contribution >= 4 is 11.9 Å². The molecule has 0 saturated heterocycles. The molecule has 0 aliphatic carbocycles. The summed E-state index contributed by atoms with van der Waals surface area (Å²) in [6.07, 6.45) is 1.13. The van der Waals surface area contributed by atoms with E-state index in [4.69, 9.17) is 7.85 Å². The van der Waals surface area contributed by atoms with Gasteiger partial charge in [0.25, 0.3) is 0 Å². The Balaban J connectivity index is 4.38. The maximum Gasteiger partial charge on any atom is 0.322 e. The highest BCUT2D eigenvalue weighted by Crippen LogP contribution is 1.86. The maximum absolute atomic E-state index is 10.9. The molecule has 0 aromatic rings. The maximum atomic E-state index is 10.9. The summed E-state index contributed by atoms with van der Waals surface area (Å²) < 4.78 is 13.7. The summed E-state index contributed by atoms with van der Waals surface area (Å²) in [5.41, 5.74) is 0.665. The Morgan fingerprint density at radius 3 is 2.55 bits per heavy atom. The van der Waals surface area contributed by atoms with Crippen LogP contribution in [0.3, 0.4) is 0 Å². The van der Waals surface area contributed by atoms with E-state index in [9.17, 15) is 9.59 Å². The van der Waals surface area contributed by atoms with E-state index in [1.54, 1.807) is 19.2 Å². The van der Waals surface area contributed by atoms with Gasteiger partial charge in [-0.2, -0.15) is 0 Å². The lowest BCUT2D eigenvalue weighted by molar-refractivity contribution is -0.137. The molecule has 11 heavy (non-hydrogen) atoms. The number of nitrogens with one attached hydrogen (secondary N) is 1. The molecular weight excluding hydrogens is 146 g/mol. The van der Waals surface area contributed by atoms with Gasteiger partial charge in [0.1, 0.15) is 6.50 Å². The van der Waals surface area contributed by atoms with Crippen molar-refractivity contribution in [1.82, 2.24) is 5.32 Å². The quantitative estimate of drug-likeness (QED) is 0.576. The molecule has 0 aromatic carbocycles. The lowest BCUT2D eigenvalue weighted by Gasteiger charge is -1.96. The SMILES string of the molecule is [2H]C([2H])(NC(=O)C=C(C)C)C(=O)O. The number of allylic oxidation sites excluding steroid dienone is 1. The number of hydrogen-bond acceptors (Lipinski definition) is 2. The molecule has 0 rings (SSSR count). The third kappa shape index (κ3) is 6.57. The van der Waals surface area contributed by atoms with Gasteiger partial charge in [-0.15, -0.1) is 0 Å². The van der Waals surface area contributed by atoms with Gasteiger partial charge in [-0.3, -0.25) is 9.59 Å². The standard InChI is InChI=1S/C7H11NO3/c1-5(2)3-6(9)8-4-7(10)11/h3H,4H2,1-2H3,(H,8,9)(H,10,11)/i4D2. The highest BCUT2D eigenvalue weighted by Gasteiger charge is 1.98. The number of amides is 1. The fourth-order valence-corrected chi connectivity index (χ4v) is 0.413. The molecule has 62 valence electrons. The average Bonchev–Trinajstić information content (AvgIpc) is 1.82. The number of carboxylic acid groups (broad SMARTS) is 1. The van der Waals surface area contributed by atoms with Crippen molar-refractivity contribution in [1.29, 1.82) is 0 Å². The van der Waals surface area contributed by atoms with Crippen molar-refractivity contribution in [3.63, 3.8) is 0 Å². The predicted molar refractivity (Wildman–Crippen MR) is 40.1 cm³/mol. The second kappa shape index (κ2) is 4.49. The van der Waals surface area contributed by atoms with Gasteiger partial charge in [0, 0.05) is 6.08 Å². The number of carbonyl (C=O) groups is 2. The predicted octanol–water partition coefficient (Wildman–Crippen LogP) is 0.153. The lowest BCUT2D eigenvalue weighted by Crippen LogP contribution is -2.27. The first-order valence-electron chi connectivity index (χ1n) is 3.96. The van der Waals surface area contributed by atoms with E-state index in [0.29, 0.717) is 5.57 Å². The van der Waals surface area contributed by atoms with Crippen molar-refractivity contribution in [2.45, 2.75) is 13.8 Å². The smallest absolute Gasteiger partial charge is 0.322 e. The van der Waals surface area contributed by atoms with Crippen LogP contribution in [0.25, 0.3) is 0 Å². The molecule has 0 saturated carbocycles. The molecule has 2 N–H and O–H groups in total. The monoisotopic (exact) mass is 159 g/mol. The molecule has 0 aliphatic rings. The third-order valence-corrected chi connectivity index (χ3v) is 0.712. The van der Waals surface area contributed by atoms with Crippen LogP contribution in [0.1, 0.15) is 16.6 Å². The van der Waals surface area contributed by atoms with E-state index in [-0.39, 0.29) is 0 Å². The van der Waals surface area contributed by atoms with Crippen LogP contribution in [0.2, 0.25) is 0 Å². The minimum Gasteiger partial charge on any atom is -0.480 e. The number of hydrogen-bond donors (Lipinski definition) is 2. The zero-order valence-electron chi connectivity index (χ0n) is 8.34. The highest BCUT2D eigenvalue weighted by atomic mass is 16.4. The summed E-state index contributed by atoms with van der Waals surface area (Å²) in [5, 5.41) is 10.0. The second-order valence-corrected chi connectivity index (χ2v) is 2.14. The summed E-state index contributed by atoms with van der Waals surface area (Å²) in [7, 11) is 0. The first kappa shape index (κ1) is 6.39. The highest BCUT2D eigenvalue weighted by molar-refractivity contribution is 5.90. The van der Waals surface area contributed by atoms with Crippen LogP contribution >= 0.6 is 0 Å². The third-order valence-electron chi connectivity index (χ3n) is 0.712. The van der Waals surface area contributed by atoms with E-state index < -0.39 is 18.4 Å². The molecule has 0 spiro atoms. The molecule has 0 bridgehead atoms. The molecule has 0 radical (unpaired) electrons. The van der Waals surface area contributed by atoms with Crippen LogP contribution in [0.4, 0.5) is 0 Å². The molecular formula is C7H11NO3. The van der Waals surface area contributed by atoms with E-state index in [1.165, 1.54) is 0 Å². The summed E-state index contributed by atoms with van der Waals surface area (Å²) in [6.45, 7) is 0.578. The van der Waals surface area contributed by atoms with Crippen molar-refractivity contribution in [2.24, 2.45) is 0 Å². The number of rotatable bonds is 3. The second-order valence-electron chi connectivity index (χ2n) is 2.14. The van der Waals surface area contributed by atoms with Gasteiger partial charge >= 0.3 is 5.97 Å². The van der Waals surface area contributed by atoms with Gasteiger partial charge in [-0.05, 0) is 13.8 Å². The minimum atomic E-state index is -2.72. The van der Waals surface area contributed by atoms with E-state index >= 15 is 0 Å². The van der Waals surface area contributed by atoms with Gasteiger partial charge in [0.15, 0.2) is 0 Å². The van der Waals surface area contributed by atoms with Crippen molar-refractivity contribution in [3.8, 4) is 0 Å². The van der Waals surface area contributed by atoms with Crippen LogP contribution < -0.4 is 5.32 Å². The summed E-state index contributed by atoms with van der Waals surface area (Å²) >= 11 is 0. The summed E-state index contributed by atoms with van der Waals surface area (Å²) in [4.78, 5) is 21.1. The normalized spacial score (nSPS) is 12.5.